The van der Waals surface area contributed by atoms with E-state index in [1.54, 1.807) is 0 Å². The minimum atomic E-state index is -1.09. The zero-order chi connectivity index (χ0) is 18.2. The maximum absolute atomic E-state index is 12.5. The molecule has 1 N–H and O–H groups in total. The largest absolute Gasteiger partial charge is 0.242 e. The SMILES string of the molecule is CC(C)(C)S(=O)NC1CCC(c2ccc(Cl)c(Cl)c2)c2ccccc21. The molecule has 1 aliphatic carbocycles. The number of hydrogen-bond donors (Lipinski definition) is 1. The molecule has 0 saturated carbocycles. The van der Waals surface area contributed by atoms with Gasteiger partial charge in [-0.25, -0.2) is 8.93 Å². The van der Waals surface area contributed by atoms with Crippen molar-refractivity contribution in [2.75, 3.05) is 0 Å². The summed E-state index contributed by atoms with van der Waals surface area (Å²) in [6, 6.07) is 14.4. The lowest BCUT2D eigenvalue weighted by Crippen LogP contribution is -2.37. The van der Waals surface area contributed by atoms with Gasteiger partial charge in [-0.2, -0.15) is 0 Å². The zero-order valence-corrected chi connectivity index (χ0v) is 17.0. The van der Waals surface area contributed by atoms with Crippen LogP contribution in [0.1, 0.15) is 62.3 Å². The number of rotatable bonds is 3. The molecule has 0 aromatic heterocycles. The second-order valence-electron chi connectivity index (χ2n) is 7.48. The lowest BCUT2D eigenvalue weighted by atomic mass is 9.77. The normalized spacial score (nSPS) is 21.6. The van der Waals surface area contributed by atoms with Crippen LogP contribution in [0.5, 0.6) is 0 Å². The highest BCUT2D eigenvalue weighted by atomic mass is 35.5. The van der Waals surface area contributed by atoms with E-state index in [0.29, 0.717) is 10.0 Å². The molecule has 0 saturated heterocycles. The summed E-state index contributed by atoms with van der Waals surface area (Å²) in [6.45, 7) is 5.97. The first kappa shape index (κ1) is 18.9. The van der Waals surface area contributed by atoms with Gasteiger partial charge < -0.3 is 0 Å². The molecule has 0 fully saturated rings. The Kier molecular flexibility index (Phi) is 5.60. The van der Waals surface area contributed by atoms with E-state index in [4.69, 9.17) is 23.2 Å². The maximum Gasteiger partial charge on any atom is 0.0975 e. The van der Waals surface area contributed by atoms with Crippen LogP contribution in [-0.4, -0.2) is 8.96 Å². The molecule has 0 amide bonds. The zero-order valence-electron chi connectivity index (χ0n) is 14.7. The number of benzene rings is 2. The summed E-state index contributed by atoms with van der Waals surface area (Å²) in [5.74, 6) is 0.284. The van der Waals surface area contributed by atoms with Crippen LogP contribution in [0.4, 0.5) is 0 Å². The molecule has 2 aromatic carbocycles. The molecular formula is C20H23Cl2NOS. The third-order valence-electron chi connectivity index (χ3n) is 4.64. The molecule has 134 valence electrons. The fourth-order valence-electron chi connectivity index (χ4n) is 3.29. The Bertz CT molecular complexity index is 801. The summed E-state index contributed by atoms with van der Waals surface area (Å²) in [7, 11) is -1.09. The maximum atomic E-state index is 12.5. The van der Waals surface area contributed by atoms with E-state index >= 15 is 0 Å². The molecule has 3 unspecified atom stereocenters. The van der Waals surface area contributed by atoms with E-state index in [-0.39, 0.29) is 16.7 Å². The van der Waals surface area contributed by atoms with Crippen molar-refractivity contribution in [2.45, 2.75) is 50.3 Å². The molecule has 1 aliphatic rings. The van der Waals surface area contributed by atoms with Crippen molar-refractivity contribution in [1.29, 1.82) is 0 Å². The molecule has 0 radical (unpaired) electrons. The Hall–Kier alpha value is -0.870. The molecule has 0 heterocycles. The monoisotopic (exact) mass is 395 g/mol. The average Bonchev–Trinajstić information content (AvgIpc) is 2.57. The molecular weight excluding hydrogens is 373 g/mol. The summed E-state index contributed by atoms with van der Waals surface area (Å²) in [5.41, 5.74) is 3.68. The first-order valence-electron chi connectivity index (χ1n) is 8.49. The second-order valence-corrected chi connectivity index (χ2v) is 10.3. The summed E-state index contributed by atoms with van der Waals surface area (Å²) >= 11 is 12.3. The van der Waals surface area contributed by atoms with Gasteiger partial charge in [-0.3, -0.25) is 0 Å². The number of halogens is 2. The van der Waals surface area contributed by atoms with E-state index < -0.39 is 11.0 Å². The summed E-state index contributed by atoms with van der Waals surface area (Å²) in [4.78, 5) is 0. The van der Waals surface area contributed by atoms with Crippen LogP contribution >= 0.6 is 23.2 Å². The van der Waals surface area contributed by atoms with E-state index in [0.717, 1.165) is 12.8 Å². The number of hydrogen-bond acceptors (Lipinski definition) is 1. The minimum Gasteiger partial charge on any atom is -0.242 e. The molecule has 2 aromatic rings. The third-order valence-corrected chi connectivity index (χ3v) is 6.99. The second kappa shape index (κ2) is 7.40. The van der Waals surface area contributed by atoms with Crippen molar-refractivity contribution in [3.05, 3.63) is 69.2 Å². The van der Waals surface area contributed by atoms with Crippen molar-refractivity contribution >= 4 is 34.2 Å². The van der Waals surface area contributed by atoms with E-state index in [1.165, 1.54) is 16.7 Å². The van der Waals surface area contributed by atoms with Crippen LogP contribution < -0.4 is 4.72 Å². The lowest BCUT2D eigenvalue weighted by Gasteiger charge is -2.33. The van der Waals surface area contributed by atoms with Crippen molar-refractivity contribution in [2.24, 2.45) is 0 Å². The topological polar surface area (TPSA) is 29.1 Å². The summed E-state index contributed by atoms with van der Waals surface area (Å²) < 4.78 is 15.6. The summed E-state index contributed by atoms with van der Waals surface area (Å²) in [5, 5.41) is 1.17. The van der Waals surface area contributed by atoms with Gasteiger partial charge in [0, 0.05) is 12.0 Å². The Balaban J connectivity index is 1.93. The molecule has 3 rings (SSSR count). The molecule has 0 bridgehead atoms. The highest BCUT2D eigenvalue weighted by molar-refractivity contribution is 7.84. The fourth-order valence-corrected chi connectivity index (χ4v) is 4.46. The average molecular weight is 396 g/mol. The Morgan fingerprint density at radius 2 is 1.68 bits per heavy atom. The van der Waals surface area contributed by atoms with Crippen molar-refractivity contribution < 1.29 is 4.21 Å². The predicted octanol–water partition coefficient (Wildman–Crippen LogP) is 6.01. The van der Waals surface area contributed by atoms with E-state index in [2.05, 4.69) is 29.0 Å². The van der Waals surface area contributed by atoms with Gasteiger partial charge in [0.25, 0.3) is 0 Å². The van der Waals surface area contributed by atoms with Gasteiger partial charge in [-0.1, -0.05) is 53.5 Å². The quantitative estimate of drug-likeness (QED) is 0.676. The van der Waals surface area contributed by atoms with Crippen LogP contribution in [0.2, 0.25) is 10.0 Å². The molecule has 3 atom stereocenters. The number of nitrogens with one attached hydrogen (secondary N) is 1. The molecule has 0 aliphatic heterocycles. The van der Waals surface area contributed by atoms with E-state index in [9.17, 15) is 4.21 Å². The first-order valence-corrected chi connectivity index (χ1v) is 10.4. The Morgan fingerprint density at radius 3 is 2.32 bits per heavy atom. The highest BCUT2D eigenvalue weighted by Gasteiger charge is 2.31. The van der Waals surface area contributed by atoms with Crippen LogP contribution in [0.25, 0.3) is 0 Å². The van der Waals surface area contributed by atoms with Gasteiger partial charge in [0.05, 0.1) is 25.8 Å². The van der Waals surface area contributed by atoms with Gasteiger partial charge >= 0.3 is 0 Å². The Labute approximate surface area is 162 Å². The third kappa shape index (κ3) is 4.11. The van der Waals surface area contributed by atoms with Crippen LogP contribution in [0.15, 0.2) is 42.5 Å². The Morgan fingerprint density at radius 1 is 1.00 bits per heavy atom. The van der Waals surface area contributed by atoms with E-state index in [1.807, 2.05) is 39.0 Å². The molecule has 2 nitrogen and oxygen atoms in total. The van der Waals surface area contributed by atoms with Crippen LogP contribution in [-0.2, 0) is 11.0 Å². The molecule has 5 heteroatoms. The standard InChI is InChI=1S/C20H23Cl2NOS/c1-20(2,3)25(24)23-19-11-9-14(15-6-4-5-7-16(15)19)13-8-10-17(21)18(22)12-13/h4-8,10,12,14,19,23H,9,11H2,1-3H3. The molecule has 0 spiro atoms. The summed E-state index contributed by atoms with van der Waals surface area (Å²) in [6.07, 6.45) is 1.91. The van der Waals surface area contributed by atoms with Gasteiger partial charge in [-0.15, -0.1) is 0 Å². The van der Waals surface area contributed by atoms with Crippen LogP contribution in [0, 0.1) is 0 Å². The number of fused-ring (bicyclic) bond motifs is 1. The highest BCUT2D eigenvalue weighted by Crippen LogP contribution is 2.42. The first-order chi connectivity index (χ1) is 11.8. The fraction of sp³-hybridized carbons (Fsp3) is 0.400. The van der Waals surface area contributed by atoms with Gasteiger partial charge in [0.1, 0.15) is 0 Å². The minimum absolute atomic E-state index is 0.107. The van der Waals surface area contributed by atoms with Crippen molar-refractivity contribution in [3.63, 3.8) is 0 Å². The van der Waals surface area contributed by atoms with Crippen molar-refractivity contribution in [3.8, 4) is 0 Å². The van der Waals surface area contributed by atoms with Gasteiger partial charge in [0.2, 0.25) is 0 Å². The van der Waals surface area contributed by atoms with Crippen LogP contribution in [0.3, 0.4) is 0 Å². The van der Waals surface area contributed by atoms with Gasteiger partial charge in [0.15, 0.2) is 0 Å². The smallest absolute Gasteiger partial charge is 0.0975 e. The molecule has 25 heavy (non-hydrogen) atoms. The lowest BCUT2D eigenvalue weighted by molar-refractivity contribution is 0.495. The van der Waals surface area contributed by atoms with Gasteiger partial charge in [-0.05, 0) is 62.4 Å². The predicted molar refractivity (Wildman–Crippen MR) is 108 cm³/mol. The van der Waals surface area contributed by atoms with Crippen molar-refractivity contribution in [1.82, 2.24) is 4.72 Å².